The van der Waals surface area contributed by atoms with Crippen LogP contribution in [0, 0.1) is 22.7 Å². The molecule has 0 saturated carbocycles. The van der Waals surface area contributed by atoms with E-state index in [1.165, 1.54) is 0 Å². The van der Waals surface area contributed by atoms with Crippen LogP contribution >= 0.6 is 0 Å². The van der Waals surface area contributed by atoms with E-state index in [0.717, 1.165) is 0 Å². The lowest BCUT2D eigenvalue weighted by atomic mass is 10.3. The zero-order valence-corrected chi connectivity index (χ0v) is 5.39. The summed E-state index contributed by atoms with van der Waals surface area (Å²) in [6.45, 7) is 1.57. The molecule has 0 fully saturated rings. The highest BCUT2D eigenvalue weighted by molar-refractivity contribution is 7.63. The molecule has 0 rings (SSSR count). The van der Waals surface area contributed by atoms with Gasteiger partial charge >= 0.3 is 0 Å². The van der Waals surface area contributed by atoms with Gasteiger partial charge in [0.15, 0.2) is 6.07 Å². The molecule has 0 radical (unpaired) electrons. The van der Waals surface area contributed by atoms with Gasteiger partial charge in [-0.1, -0.05) is 0 Å². The van der Waals surface area contributed by atoms with Crippen LogP contribution in [0.5, 0.6) is 0 Å². The van der Waals surface area contributed by atoms with Gasteiger partial charge in [0.25, 0.3) is 0 Å². The first-order valence-corrected chi connectivity index (χ1v) is 2.45. The summed E-state index contributed by atoms with van der Waals surface area (Å²) in [7, 11) is 0. The molecule has 3 heteroatoms. The molecule has 0 aliphatic heterocycles. The third kappa shape index (κ3) is 1.68. The Bertz CT molecular complexity index is 169. The largest absolute Gasteiger partial charge is 0.240 e. The van der Waals surface area contributed by atoms with E-state index in [-0.39, 0.29) is 0 Å². The van der Waals surface area contributed by atoms with Crippen molar-refractivity contribution in [3.63, 3.8) is 0 Å². The minimum atomic E-state index is 0.299. The summed E-state index contributed by atoms with van der Waals surface area (Å²) in [6, 6.07) is 3.61. The van der Waals surface area contributed by atoms with Crippen molar-refractivity contribution in [2.45, 2.75) is 6.92 Å². The second kappa shape index (κ2) is 3.12. The molecule has 0 heterocycles. The highest BCUT2D eigenvalue weighted by Gasteiger charge is 1.98. The van der Waals surface area contributed by atoms with E-state index in [9.17, 15) is 0 Å². The summed E-state index contributed by atoms with van der Waals surface area (Å²) in [6.07, 6.45) is 0. The van der Waals surface area contributed by atoms with Crippen molar-refractivity contribution in [3.8, 4) is 12.1 Å². The quantitative estimate of drug-likeness (QED) is 0.346. The molecule has 0 aliphatic carbocycles. The monoisotopic (exact) mass is 125 g/mol. The Morgan fingerprint density at radius 3 is 2.00 bits per heavy atom. The second-order valence-corrected chi connectivity index (χ2v) is 1.72. The molecule has 40 valence electrons. The fraction of sp³-hybridized carbons (Fsp3) is 0.200. The minimum absolute atomic E-state index is 0.299. The molecule has 2 nitrogen and oxygen atoms in total. The molecular formula is C5H5N2S+. The van der Waals surface area contributed by atoms with Crippen molar-refractivity contribution < 1.29 is 0 Å². The Kier molecular flexibility index (Phi) is 2.76. The molecule has 0 saturated heterocycles. The van der Waals surface area contributed by atoms with E-state index in [2.05, 4.69) is 12.6 Å². The fourth-order valence-electron chi connectivity index (χ4n) is 0.140. The SMILES string of the molecule is C/C(C#N)=C(\[SH2+])C#N. The smallest absolute Gasteiger partial charge is 0.193 e. The van der Waals surface area contributed by atoms with Crippen LogP contribution in [0.1, 0.15) is 6.92 Å². The van der Waals surface area contributed by atoms with Gasteiger partial charge in [-0.2, -0.15) is 10.5 Å². The van der Waals surface area contributed by atoms with E-state index in [1.54, 1.807) is 13.0 Å². The minimum Gasteiger partial charge on any atom is -0.193 e. The van der Waals surface area contributed by atoms with Gasteiger partial charge in [-0.3, -0.25) is 0 Å². The molecule has 0 spiro atoms. The van der Waals surface area contributed by atoms with Crippen molar-refractivity contribution in [2.75, 3.05) is 0 Å². The molecular weight excluding hydrogens is 120 g/mol. The maximum absolute atomic E-state index is 8.15. The van der Waals surface area contributed by atoms with Crippen LogP contribution in [0.25, 0.3) is 0 Å². The van der Waals surface area contributed by atoms with Crippen LogP contribution in [0.15, 0.2) is 10.5 Å². The Labute approximate surface area is 53.4 Å². The molecule has 8 heavy (non-hydrogen) atoms. The lowest BCUT2D eigenvalue weighted by molar-refractivity contribution is 1.42. The average molecular weight is 125 g/mol. The van der Waals surface area contributed by atoms with E-state index in [4.69, 9.17) is 10.5 Å². The third-order valence-electron chi connectivity index (χ3n) is 0.655. The van der Waals surface area contributed by atoms with Gasteiger partial charge < -0.3 is 0 Å². The molecule has 0 atom stereocenters. The van der Waals surface area contributed by atoms with Crippen LogP contribution in [0.4, 0.5) is 0 Å². The molecule has 0 aromatic carbocycles. The van der Waals surface area contributed by atoms with Crippen LogP contribution < -0.4 is 0 Å². The fourth-order valence-corrected chi connectivity index (χ4v) is 0.196. The number of allylic oxidation sites excluding steroid dienone is 2. The molecule has 0 unspecified atom stereocenters. The predicted octanol–water partition coefficient (Wildman–Crippen LogP) is 0.319. The summed E-state index contributed by atoms with van der Waals surface area (Å²) in [5.41, 5.74) is 0.407. The number of nitrogens with zero attached hydrogens (tertiary/aromatic N) is 2. The maximum atomic E-state index is 8.15. The standard InChI is InChI=1S/C5H4N2S/c1-4(2-6)5(8)3-7/h8H,1H3/p+1/b5-4+. The van der Waals surface area contributed by atoms with Gasteiger partial charge in [-0.05, 0) is 6.92 Å². The zero-order chi connectivity index (χ0) is 6.57. The van der Waals surface area contributed by atoms with Crippen molar-refractivity contribution in [1.82, 2.24) is 0 Å². The first kappa shape index (κ1) is 7.07. The van der Waals surface area contributed by atoms with Crippen LogP contribution in [0.3, 0.4) is 0 Å². The maximum Gasteiger partial charge on any atom is 0.240 e. The normalized spacial score (nSPS) is 11.0. The molecule has 0 aliphatic rings. The van der Waals surface area contributed by atoms with Crippen LogP contribution in [0.2, 0.25) is 0 Å². The lowest BCUT2D eigenvalue weighted by Gasteiger charge is -1.73. The Balaban J connectivity index is 4.41. The van der Waals surface area contributed by atoms with Gasteiger partial charge in [0, 0.05) is 12.6 Å². The van der Waals surface area contributed by atoms with Gasteiger partial charge in [-0.15, -0.1) is 0 Å². The molecule has 0 aromatic rings. The summed E-state index contributed by atoms with van der Waals surface area (Å²) >= 11 is 2.95. The number of hydrogen-bond donors (Lipinski definition) is 0. The third-order valence-corrected chi connectivity index (χ3v) is 1.14. The first-order chi connectivity index (χ1) is 3.72. The number of hydrogen-bond acceptors (Lipinski definition) is 2. The highest BCUT2D eigenvalue weighted by atomic mass is 32.1. The van der Waals surface area contributed by atoms with E-state index < -0.39 is 0 Å². The number of rotatable bonds is 0. The topological polar surface area (TPSA) is 47.6 Å². The van der Waals surface area contributed by atoms with E-state index >= 15 is 0 Å². The first-order valence-electron chi connectivity index (χ1n) is 1.95. The Morgan fingerprint density at radius 2 is 1.88 bits per heavy atom. The van der Waals surface area contributed by atoms with Gasteiger partial charge in [0.1, 0.15) is 6.07 Å². The average Bonchev–Trinajstić information content (AvgIpc) is 1.84. The van der Waals surface area contributed by atoms with Crippen molar-refractivity contribution in [1.29, 1.82) is 10.5 Å². The Hall–Kier alpha value is -0.930. The molecule has 0 bridgehead atoms. The van der Waals surface area contributed by atoms with E-state index in [1.807, 2.05) is 6.07 Å². The summed E-state index contributed by atoms with van der Waals surface area (Å²) in [5.74, 6) is 0. The molecule has 0 amide bonds. The summed E-state index contributed by atoms with van der Waals surface area (Å²) in [4.78, 5) is 0.299. The van der Waals surface area contributed by atoms with E-state index in [0.29, 0.717) is 10.5 Å². The Morgan fingerprint density at radius 1 is 1.38 bits per heavy atom. The predicted molar refractivity (Wildman–Crippen MR) is 34.1 cm³/mol. The van der Waals surface area contributed by atoms with Gasteiger partial charge in [0.05, 0.1) is 5.57 Å². The molecule has 0 N–H and O–H groups in total. The lowest BCUT2D eigenvalue weighted by Crippen LogP contribution is -1.74. The zero-order valence-electron chi connectivity index (χ0n) is 4.39. The van der Waals surface area contributed by atoms with Gasteiger partial charge in [-0.25, -0.2) is 0 Å². The van der Waals surface area contributed by atoms with Crippen molar-refractivity contribution in [2.24, 2.45) is 0 Å². The van der Waals surface area contributed by atoms with Crippen molar-refractivity contribution >= 4 is 12.6 Å². The van der Waals surface area contributed by atoms with Gasteiger partial charge in [0.2, 0.25) is 4.91 Å². The number of nitriles is 2. The summed E-state index contributed by atoms with van der Waals surface area (Å²) in [5, 5.41) is 16.3. The van der Waals surface area contributed by atoms with Crippen LogP contribution in [-0.2, 0) is 12.6 Å². The van der Waals surface area contributed by atoms with Crippen LogP contribution in [-0.4, -0.2) is 0 Å². The highest BCUT2D eigenvalue weighted by Crippen LogP contribution is 1.96. The second-order valence-electron chi connectivity index (χ2n) is 1.22. The molecule has 0 aromatic heterocycles. The van der Waals surface area contributed by atoms with Crippen molar-refractivity contribution in [3.05, 3.63) is 10.5 Å². The summed E-state index contributed by atoms with van der Waals surface area (Å²) < 4.78 is 0.